The van der Waals surface area contributed by atoms with Crippen molar-refractivity contribution in [3.63, 3.8) is 0 Å². The number of aromatic hydroxyl groups is 1. The van der Waals surface area contributed by atoms with Crippen LogP contribution in [0.25, 0.3) is 10.8 Å². The molecule has 0 saturated heterocycles. The Morgan fingerprint density at radius 3 is 2.61 bits per heavy atom. The van der Waals surface area contributed by atoms with E-state index in [-0.39, 0.29) is 17.3 Å². The number of halogens is 1. The van der Waals surface area contributed by atoms with Gasteiger partial charge in [-0.25, -0.2) is 0 Å². The van der Waals surface area contributed by atoms with Crippen molar-refractivity contribution in [1.82, 2.24) is 0 Å². The van der Waals surface area contributed by atoms with Gasteiger partial charge in [0.25, 0.3) is 0 Å². The molecule has 2 aromatic rings. The van der Waals surface area contributed by atoms with Crippen molar-refractivity contribution in [2.75, 3.05) is 5.32 Å². The Morgan fingerprint density at radius 1 is 1.28 bits per heavy atom. The van der Waals surface area contributed by atoms with E-state index in [2.05, 4.69) is 18.3 Å². The predicted molar refractivity (Wildman–Crippen MR) is 76.8 cm³/mol. The lowest BCUT2D eigenvalue weighted by Gasteiger charge is -2.19. The fourth-order valence-corrected chi connectivity index (χ4v) is 3.41. The van der Waals surface area contributed by atoms with Crippen molar-refractivity contribution in [2.45, 2.75) is 31.2 Å². The fourth-order valence-electron chi connectivity index (χ4n) is 3.07. The molecule has 0 aliphatic carbocycles. The van der Waals surface area contributed by atoms with Gasteiger partial charge in [0.2, 0.25) is 0 Å². The average molecular weight is 262 g/mol. The Morgan fingerprint density at radius 2 is 1.94 bits per heavy atom. The summed E-state index contributed by atoms with van der Waals surface area (Å²) in [6.07, 6.45) is 0. The first kappa shape index (κ1) is 11.7. The summed E-state index contributed by atoms with van der Waals surface area (Å²) in [7, 11) is 0. The first-order valence-corrected chi connectivity index (χ1v) is 6.68. The van der Waals surface area contributed by atoms with E-state index in [4.69, 9.17) is 11.6 Å². The Balaban J connectivity index is 2.34. The maximum atomic E-state index is 10.1. The van der Waals surface area contributed by atoms with Gasteiger partial charge in [0, 0.05) is 34.5 Å². The zero-order valence-electron chi connectivity index (χ0n) is 10.4. The highest BCUT2D eigenvalue weighted by molar-refractivity contribution is 6.21. The maximum absolute atomic E-state index is 10.1. The second kappa shape index (κ2) is 4.06. The van der Waals surface area contributed by atoms with Gasteiger partial charge in [-0.15, -0.1) is 11.6 Å². The second-order valence-electron chi connectivity index (χ2n) is 5.04. The van der Waals surface area contributed by atoms with Gasteiger partial charge in [-0.1, -0.05) is 24.3 Å². The minimum absolute atomic E-state index is 0.0571. The van der Waals surface area contributed by atoms with Gasteiger partial charge >= 0.3 is 0 Å². The first-order chi connectivity index (χ1) is 8.59. The van der Waals surface area contributed by atoms with Gasteiger partial charge in [0.05, 0.1) is 0 Å². The third-order valence-corrected chi connectivity index (χ3v) is 4.09. The number of anilines is 1. The molecule has 2 nitrogen and oxygen atoms in total. The number of rotatable bonds is 1. The van der Waals surface area contributed by atoms with Crippen LogP contribution in [0.4, 0.5) is 5.69 Å². The number of hydrogen-bond donors (Lipinski definition) is 2. The van der Waals surface area contributed by atoms with Gasteiger partial charge in [-0.3, -0.25) is 0 Å². The maximum Gasteiger partial charge on any atom is 0.125 e. The van der Waals surface area contributed by atoms with Crippen LogP contribution in [0.2, 0.25) is 0 Å². The molecule has 94 valence electrons. The van der Waals surface area contributed by atoms with Crippen molar-refractivity contribution >= 4 is 28.1 Å². The molecule has 0 spiro atoms. The molecule has 2 aromatic carbocycles. The number of fused-ring (bicyclic) bond motifs is 3. The zero-order valence-corrected chi connectivity index (χ0v) is 11.2. The number of benzene rings is 2. The van der Waals surface area contributed by atoms with Crippen LogP contribution in [0, 0.1) is 0 Å². The molecule has 0 saturated carbocycles. The molecular formula is C15H16ClNO. The average Bonchev–Trinajstić information content (AvgIpc) is 2.66. The molecule has 3 atom stereocenters. The number of phenols is 1. The summed E-state index contributed by atoms with van der Waals surface area (Å²) < 4.78 is 0. The summed E-state index contributed by atoms with van der Waals surface area (Å²) in [5.41, 5.74) is 2.25. The standard InChI is InChI=1S/C15H16ClNO/c1-8(16)14-9(2)17-12-7-13(18)10-5-3-4-6-11(10)15(12)14/h3-9,14,17-18H,1-2H3/t8-,9?,14-/m1/s1. The van der Waals surface area contributed by atoms with Gasteiger partial charge in [-0.05, 0) is 24.8 Å². The molecule has 3 heteroatoms. The van der Waals surface area contributed by atoms with Crippen LogP contribution in [0.1, 0.15) is 25.3 Å². The molecule has 18 heavy (non-hydrogen) atoms. The molecule has 1 unspecified atom stereocenters. The number of alkyl halides is 1. The van der Waals surface area contributed by atoms with Crippen LogP contribution in [-0.2, 0) is 0 Å². The van der Waals surface area contributed by atoms with E-state index in [9.17, 15) is 5.11 Å². The van der Waals surface area contributed by atoms with Gasteiger partial charge in [0.1, 0.15) is 5.75 Å². The van der Waals surface area contributed by atoms with Crippen molar-refractivity contribution in [2.24, 2.45) is 0 Å². The molecule has 0 amide bonds. The van der Waals surface area contributed by atoms with E-state index in [1.807, 2.05) is 31.2 Å². The van der Waals surface area contributed by atoms with Crippen molar-refractivity contribution in [3.8, 4) is 5.75 Å². The number of nitrogens with one attached hydrogen (secondary N) is 1. The molecule has 0 aromatic heterocycles. The topological polar surface area (TPSA) is 32.3 Å². The minimum Gasteiger partial charge on any atom is -0.507 e. The summed E-state index contributed by atoms with van der Waals surface area (Å²) >= 11 is 6.34. The summed E-state index contributed by atoms with van der Waals surface area (Å²) in [5.74, 6) is 0.596. The van der Waals surface area contributed by atoms with E-state index in [0.717, 1.165) is 16.5 Å². The quantitative estimate of drug-likeness (QED) is 0.759. The van der Waals surface area contributed by atoms with Crippen LogP contribution >= 0.6 is 11.6 Å². The van der Waals surface area contributed by atoms with Crippen LogP contribution in [-0.4, -0.2) is 16.5 Å². The van der Waals surface area contributed by atoms with Crippen molar-refractivity contribution < 1.29 is 5.11 Å². The van der Waals surface area contributed by atoms with Crippen molar-refractivity contribution in [3.05, 3.63) is 35.9 Å². The van der Waals surface area contributed by atoms with Crippen LogP contribution in [0.15, 0.2) is 30.3 Å². The lowest BCUT2D eigenvalue weighted by molar-refractivity contribution is 0.482. The molecule has 1 aliphatic heterocycles. The first-order valence-electron chi connectivity index (χ1n) is 6.25. The Kier molecular flexibility index (Phi) is 2.63. The summed E-state index contributed by atoms with van der Waals surface area (Å²) in [6.45, 7) is 4.16. The second-order valence-corrected chi connectivity index (χ2v) is 5.73. The summed E-state index contributed by atoms with van der Waals surface area (Å²) in [6, 6.07) is 10.1. The predicted octanol–water partition coefficient (Wildman–Crippen LogP) is 4.07. The highest BCUT2D eigenvalue weighted by Gasteiger charge is 2.34. The van der Waals surface area contributed by atoms with E-state index in [1.165, 1.54) is 5.56 Å². The van der Waals surface area contributed by atoms with Gasteiger partial charge < -0.3 is 10.4 Å². The number of hydrogen-bond acceptors (Lipinski definition) is 2. The van der Waals surface area contributed by atoms with Crippen molar-refractivity contribution in [1.29, 1.82) is 0 Å². The lowest BCUT2D eigenvalue weighted by Crippen LogP contribution is -2.22. The highest BCUT2D eigenvalue weighted by atomic mass is 35.5. The third kappa shape index (κ3) is 1.56. The summed E-state index contributed by atoms with van der Waals surface area (Å²) in [5, 5.41) is 15.5. The van der Waals surface area contributed by atoms with Crippen LogP contribution in [0.5, 0.6) is 5.75 Å². The highest BCUT2D eigenvalue weighted by Crippen LogP contribution is 2.46. The normalized spacial score (nSPS) is 23.7. The molecule has 1 aliphatic rings. The smallest absolute Gasteiger partial charge is 0.125 e. The molecule has 0 bridgehead atoms. The minimum atomic E-state index is 0.0571. The zero-order chi connectivity index (χ0) is 12.9. The van der Waals surface area contributed by atoms with E-state index < -0.39 is 0 Å². The molecule has 3 rings (SSSR count). The molecule has 0 fully saturated rings. The van der Waals surface area contributed by atoms with E-state index in [0.29, 0.717) is 5.75 Å². The number of phenolic OH excluding ortho intramolecular Hbond substituents is 1. The third-order valence-electron chi connectivity index (χ3n) is 3.81. The monoisotopic (exact) mass is 261 g/mol. The van der Waals surface area contributed by atoms with E-state index >= 15 is 0 Å². The summed E-state index contributed by atoms with van der Waals surface area (Å²) in [4.78, 5) is 0. The largest absolute Gasteiger partial charge is 0.507 e. The lowest BCUT2D eigenvalue weighted by atomic mass is 9.89. The Labute approximate surface area is 112 Å². The molecule has 0 radical (unpaired) electrons. The Hall–Kier alpha value is -1.41. The van der Waals surface area contributed by atoms with Crippen LogP contribution < -0.4 is 5.32 Å². The van der Waals surface area contributed by atoms with Gasteiger partial charge in [-0.2, -0.15) is 0 Å². The molecule has 2 N–H and O–H groups in total. The fraction of sp³-hybridized carbons (Fsp3) is 0.333. The molecular weight excluding hydrogens is 246 g/mol. The Bertz CT molecular complexity index is 609. The molecule has 1 heterocycles. The van der Waals surface area contributed by atoms with E-state index in [1.54, 1.807) is 0 Å². The van der Waals surface area contributed by atoms with Gasteiger partial charge in [0.15, 0.2) is 0 Å². The SMILES string of the molecule is CC1Nc2cc(O)c3ccccc3c2[C@@H]1[C@@H](C)Cl. The van der Waals surface area contributed by atoms with Crippen LogP contribution in [0.3, 0.4) is 0 Å².